The van der Waals surface area contributed by atoms with Gasteiger partial charge in [-0.3, -0.25) is 4.98 Å². The van der Waals surface area contributed by atoms with Crippen molar-refractivity contribution in [3.05, 3.63) is 30.1 Å². The van der Waals surface area contributed by atoms with Gasteiger partial charge in [0.25, 0.3) is 0 Å². The molecule has 12 heavy (non-hydrogen) atoms. The average molecular weight is 161 g/mol. The van der Waals surface area contributed by atoms with Crippen molar-refractivity contribution < 1.29 is 0 Å². The van der Waals surface area contributed by atoms with Gasteiger partial charge in [-0.05, 0) is 30.9 Å². The summed E-state index contributed by atoms with van der Waals surface area (Å²) in [6.07, 6.45) is 5.94. The molecule has 1 aliphatic carbocycles. The van der Waals surface area contributed by atoms with Crippen LogP contribution in [0.5, 0.6) is 0 Å². The highest BCUT2D eigenvalue weighted by molar-refractivity contribution is 5.10. The van der Waals surface area contributed by atoms with Crippen molar-refractivity contribution in [1.82, 2.24) is 4.98 Å². The lowest BCUT2D eigenvalue weighted by Gasteiger charge is -2.07. The number of hydrogen-bond donors (Lipinski definition) is 0. The number of aromatic nitrogens is 1. The number of pyridine rings is 1. The first kappa shape index (κ1) is 7.78. The molecule has 2 atom stereocenters. The zero-order valence-electron chi connectivity index (χ0n) is 7.53. The Balaban J connectivity index is 2.11. The fourth-order valence-corrected chi connectivity index (χ4v) is 2.09. The van der Waals surface area contributed by atoms with E-state index in [1.807, 2.05) is 12.3 Å². The Bertz CT molecular complexity index is 242. The van der Waals surface area contributed by atoms with Crippen LogP contribution in [0.2, 0.25) is 0 Å². The van der Waals surface area contributed by atoms with E-state index in [1.165, 1.54) is 25.0 Å². The third kappa shape index (κ3) is 1.50. The van der Waals surface area contributed by atoms with Crippen LogP contribution in [-0.2, 0) is 0 Å². The van der Waals surface area contributed by atoms with E-state index < -0.39 is 0 Å². The van der Waals surface area contributed by atoms with Gasteiger partial charge in [0.1, 0.15) is 0 Å². The summed E-state index contributed by atoms with van der Waals surface area (Å²) in [4.78, 5) is 4.40. The first-order chi connectivity index (χ1) is 5.86. The monoisotopic (exact) mass is 161 g/mol. The van der Waals surface area contributed by atoms with Crippen LogP contribution in [0.4, 0.5) is 0 Å². The molecule has 0 radical (unpaired) electrons. The summed E-state index contributed by atoms with van der Waals surface area (Å²) in [6.45, 7) is 2.34. The lowest BCUT2D eigenvalue weighted by molar-refractivity contribution is 0.592. The van der Waals surface area contributed by atoms with Crippen molar-refractivity contribution in [2.75, 3.05) is 0 Å². The molecule has 0 N–H and O–H groups in total. The molecule has 0 amide bonds. The van der Waals surface area contributed by atoms with Crippen LogP contribution in [0.25, 0.3) is 0 Å². The molecule has 0 aromatic carbocycles. The van der Waals surface area contributed by atoms with Gasteiger partial charge in [0.05, 0.1) is 0 Å². The Morgan fingerprint density at radius 2 is 2.25 bits per heavy atom. The predicted molar refractivity (Wildman–Crippen MR) is 50.0 cm³/mol. The van der Waals surface area contributed by atoms with Crippen LogP contribution < -0.4 is 0 Å². The largest absolute Gasteiger partial charge is 0.261 e. The van der Waals surface area contributed by atoms with Gasteiger partial charge in [-0.1, -0.05) is 19.4 Å². The van der Waals surface area contributed by atoms with Crippen LogP contribution in [-0.4, -0.2) is 4.98 Å². The van der Waals surface area contributed by atoms with Crippen molar-refractivity contribution >= 4 is 0 Å². The predicted octanol–water partition coefficient (Wildman–Crippen LogP) is 2.99. The Morgan fingerprint density at radius 3 is 2.83 bits per heavy atom. The lowest BCUT2D eigenvalue weighted by Crippen LogP contribution is -1.95. The highest BCUT2D eigenvalue weighted by Crippen LogP contribution is 2.36. The summed E-state index contributed by atoms with van der Waals surface area (Å²) in [7, 11) is 0. The maximum absolute atomic E-state index is 4.40. The van der Waals surface area contributed by atoms with Gasteiger partial charge in [-0.25, -0.2) is 0 Å². The van der Waals surface area contributed by atoms with Gasteiger partial charge in [0.15, 0.2) is 0 Å². The highest BCUT2D eigenvalue weighted by Gasteiger charge is 2.23. The Hall–Kier alpha value is -0.850. The van der Waals surface area contributed by atoms with E-state index in [2.05, 4.69) is 24.0 Å². The summed E-state index contributed by atoms with van der Waals surface area (Å²) in [6, 6.07) is 6.23. The van der Waals surface area contributed by atoms with Gasteiger partial charge >= 0.3 is 0 Å². The van der Waals surface area contributed by atoms with E-state index in [4.69, 9.17) is 0 Å². The van der Waals surface area contributed by atoms with Crippen molar-refractivity contribution in [3.8, 4) is 0 Å². The molecule has 1 aliphatic rings. The summed E-state index contributed by atoms with van der Waals surface area (Å²) in [5.41, 5.74) is 1.29. The molecule has 1 aromatic heterocycles. The van der Waals surface area contributed by atoms with E-state index in [1.54, 1.807) is 0 Å². The summed E-state index contributed by atoms with van der Waals surface area (Å²) < 4.78 is 0. The molecule has 1 aromatic rings. The van der Waals surface area contributed by atoms with E-state index in [0.717, 1.165) is 11.8 Å². The van der Waals surface area contributed by atoms with Crippen molar-refractivity contribution in [2.45, 2.75) is 32.1 Å². The quantitative estimate of drug-likeness (QED) is 0.617. The van der Waals surface area contributed by atoms with Crippen LogP contribution in [0, 0.1) is 5.92 Å². The second-order valence-electron chi connectivity index (χ2n) is 3.87. The minimum absolute atomic E-state index is 0.737. The average Bonchev–Trinajstić information content (AvgIpc) is 2.54. The third-order valence-corrected chi connectivity index (χ3v) is 2.80. The standard InChI is InChI=1S/C11H15N/c1-9-5-6-10(8-9)11-4-2-3-7-12-11/h2-4,7,9-10H,5-6,8H2,1H3/t9-,10+/m1/s1. The molecule has 64 valence electrons. The SMILES string of the molecule is C[C@@H]1CC[C@H](c2ccccn2)C1. The van der Waals surface area contributed by atoms with Gasteiger partial charge in [0, 0.05) is 17.8 Å². The van der Waals surface area contributed by atoms with E-state index in [0.29, 0.717) is 0 Å². The molecule has 1 heteroatoms. The lowest BCUT2D eigenvalue weighted by atomic mass is 10.0. The molecule has 0 bridgehead atoms. The normalized spacial score (nSPS) is 29.1. The maximum atomic E-state index is 4.40. The topological polar surface area (TPSA) is 12.9 Å². The molecule has 1 nitrogen and oxygen atoms in total. The number of hydrogen-bond acceptors (Lipinski definition) is 1. The molecule has 0 aliphatic heterocycles. The molecular weight excluding hydrogens is 146 g/mol. The second kappa shape index (κ2) is 3.26. The summed E-state index contributed by atoms with van der Waals surface area (Å²) >= 11 is 0. The minimum Gasteiger partial charge on any atom is -0.261 e. The molecule has 1 heterocycles. The van der Waals surface area contributed by atoms with Crippen LogP contribution in [0.3, 0.4) is 0 Å². The van der Waals surface area contributed by atoms with Crippen molar-refractivity contribution in [3.63, 3.8) is 0 Å². The molecular formula is C11H15N. The summed E-state index contributed by atoms with van der Waals surface area (Å²) in [5, 5.41) is 0. The maximum Gasteiger partial charge on any atom is 0.0434 e. The Labute approximate surface area is 73.8 Å². The van der Waals surface area contributed by atoms with Crippen LogP contribution in [0.1, 0.15) is 37.8 Å². The smallest absolute Gasteiger partial charge is 0.0434 e. The molecule has 0 saturated heterocycles. The summed E-state index contributed by atoms with van der Waals surface area (Å²) in [5.74, 6) is 1.64. The molecule has 2 rings (SSSR count). The zero-order chi connectivity index (χ0) is 8.39. The second-order valence-corrected chi connectivity index (χ2v) is 3.87. The first-order valence-electron chi connectivity index (χ1n) is 4.77. The van der Waals surface area contributed by atoms with Gasteiger partial charge in [-0.15, -0.1) is 0 Å². The van der Waals surface area contributed by atoms with Gasteiger partial charge in [-0.2, -0.15) is 0 Å². The number of nitrogens with zero attached hydrogens (tertiary/aromatic N) is 1. The molecule has 0 unspecified atom stereocenters. The van der Waals surface area contributed by atoms with Gasteiger partial charge in [0.2, 0.25) is 0 Å². The van der Waals surface area contributed by atoms with Crippen LogP contribution in [0.15, 0.2) is 24.4 Å². The third-order valence-electron chi connectivity index (χ3n) is 2.80. The highest BCUT2D eigenvalue weighted by atomic mass is 14.7. The fraction of sp³-hybridized carbons (Fsp3) is 0.545. The number of rotatable bonds is 1. The van der Waals surface area contributed by atoms with Crippen molar-refractivity contribution in [2.24, 2.45) is 5.92 Å². The Morgan fingerprint density at radius 1 is 1.33 bits per heavy atom. The molecule has 1 fully saturated rings. The fourth-order valence-electron chi connectivity index (χ4n) is 2.09. The van der Waals surface area contributed by atoms with Crippen LogP contribution >= 0.6 is 0 Å². The zero-order valence-corrected chi connectivity index (χ0v) is 7.53. The molecule has 1 saturated carbocycles. The van der Waals surface area contributed by atoms with Crippen molar-refractivity contribution in [1.29, 1.82) is 0 Å². The minimum atomic E-state index is 0.737. The van der Waals surface area contributed by atoms with E-state index >= 15 is 0 Å². The molecule has 0 spiro atoms. The Kier molecular flexibility index (Phi) is 2.11. The van der Waals surface area contributed by atoms with E-state index in [9.17, 15) is 0 Å². The van der Waals surface area contributed by atoms with Gasteiger partial charge < -0.3 is 0 Å². The first-order valence-corrected chi connectivity index (χ1v) is 4.77. The van der Waals surface area contributed by atoms with E-state index in [-0.39, 0.29) is 0 Å².